The highest BCUT2D eigenvalue weighted by Crippen LogP contribution is 2.25. The fourth-order valence-electron chi connectivity index (χ4n) is 2.93. The van der Waals surface area contributed by atoms with Gasteiger partial charge in [0, 0.05) is 10.9 Å². The van der Waals surface area contributed by atoms with Gasteiger partial charge in [0.2, 0.25) is 0 Å². The van der Waals surface area contributed by atoms with Crippen LogP contribution in [0.15, 0.2) is 71.8 Å². The standard InChI is InChI=1S/C21H17N3O2/c1-13(19-11-16-8-4-5-9-18(16)22-19)23-24-21(26)17-10-14-6-2-3-7-15(14)12-20(17)25/h2-12,22,25H,1H3,(H,24,26)/b23-13+. The van der Waals surface area contributed by atoms with E-state index in [1.807, 2.05) is 61.5 Å². The number of aromatic amines is 1. The molecule has 0 spiro atoms. The van der Waals surface area contributed by atoms with Gasteiger partial charge < -0.3 is 10.1 Å². The van der Waals surface area contributed by atoms with Gasteiger partial charge >= 0.3 is 0 Å². The number of rotatable bonds is 3. The number of H-pyrrole nitrogens is 1. The minimum Gasteiger partial charge on any atom is -0.507 e. The lowest BCUT2D eigenvalue weighted by Gasteiger charge is -2.06. The summed E-state index contributed by atoms with van der Waals surface area (Å²) in [5.74, 6) is -0.525. The normalized spacial score (nSPS) is 11.8. The van der Waals surface area contributed by atoms with Crippen molar-refractivity contribution in [3.8, 4) is 5.75 Å². The minimum absolute atomic E-state index is 0.0698. The fraction of sp³-hybridized carbons (Fsp3) is 0.0476. The number of amides is 1. The van der Waals surface area contributed by atoms with Gasteiger partial charge in [-0.25, -0.2) is 5.43 Å². The summed E-state index contributed by atoms with van der Waals surface area (Å²) in [7, 11) is 0. The molecule has 0 saturated carbocycles. The molecule has 0 aliphatic carbocycles. The van der Waals surface area contributed by atoms with E-state index < -0.39 is 5.91 Å². The van der Waals surface area contributed by atoms with Crippen LogP contribution in [0.1, 0.15) is 23.0 Å². The lowest BCUT2D eigenvalue weighted by Crippen LogP contribution is -2.19. The van der Waals surface area contributed by atoms with Crippen LogP contribution >= 0.6 is 0 Å². The number of hydrazone groups is 1. The number of aromatic hydroxyl groups is 1. The van der Waals surface area contributed by atoms with E-state index >= 15 is 0 Å². The van der Waals surface area contributed by atoms with Crippen LogP contribution in [0.5, 0.6) is 5.75 Å². The van der Waals surface area contributed by atoms with E-state index in [1.165, 1.54) is 0 Å². The van der Waals surface area contributed by atoms with Gasteiger partial charge in [-0.15, -0.1) is 0 Å². The van der Waals surface area contributed by atoms with Crippen LogP contribution in [0, 0.1) is 0 Å². The van der Waals surface area contributed by atoms with Gasteiger partial charge in [0.15, 0.2) is 0 Å². The fourth-order valence-corrected chi connectivity index (χ4v) is 2.93. The summed E-state index contributed by atoms with van der Waals surface area (Å²) < 4.78 is 0. The number of phenolic OH excluding ortho intramolecular Hbond substituents is 1. The molecule has 1 amide bonds. The zero-order chi connectivity index (χ0) is 18.1. The number of fused-ring (bicyclic) bond motifs is 2. The average molecular weight is 343 g/mol. The van der Waals surface area contributed by atoms with Gasteiger partial charge in [0.05, 0.1) is 17.0 Å². The van der Waals surface area contributed by atoms with Crippen LogP contribution < -0.4 is 5.43 Å². The van der Waals surface area contributed by atoms with Crippen LogP contribution in [-0.2, 0) is 0 Å². The van der Waals surface area contributed by atoms with Gasteiger partial charge in [-0.2, -0.15) is 5.10 Å². The Kier molecular flexibility index (Phi) is 3.89. The summed E-state index contributed by atoms with van der Waals surface area (Å²) in [4.78, 5) is 15.7. The van der Waals surface area contributed by atoms with Gasteiger partial charge in [-0.1, -0.05) is 42.5 Å². The third-order valence-electron chi connectivity index (χ3n) is 4.35. The maximum absolute atomic E-state index is 12.4. The van der Waals surface area contributed by atoms with Crippen LogP contribution in [0.25, 0.3) is 21.7 Å². The monoisotopic (exact) mass is 343 g/mol. The summed E-state index contributed by atoms with van der Waals surface area (Å²) in [6.07, 6.45) is 0. The maximum Gasteiger partial charge on any atom is 0.275 e. The van der Waals surface area contributed by atoms with Crippen molar-refractivity contribution in [3.05, 3.63) is 78.0 Å². The molecule has 0 saturated heterocycles. The number of nitrogens with zero attached hydrogens (tertiary/aromatic N) is 1. The number of carbonyl (C=O) groups excluding carboxylic acids is 1. The molecular formula is C21H17N3O2. The van der Waals surface area contributed by atoms with Gasteiger partial charge in [0.25, 0.3) is 5.91 Å². The van der Waals surface area contributed by atoms with Crippen LogP contribution in [0.4, 0.5) is 0 Å². The Morgan fingerprint density at radius 1 is 0.962 bits per heavy atom. The summed E-state index contributed by atoms with van der Waals surface area (Å²) >= 11 is 0. The summed E-state index contributed by atoms with van der Waals surface area (Å²) in [6.45, 7) is 1.81. The first-order valence-electron chi connectivity index (χ1n) is 8.26. The molecule has 26 heavy (non-hydrogen) atoms. The third kappa shape index (κ3) is 2.91. The smallest absolute Gasteiger partial charge is 0.275 e. The van der Waals surface area contributed by atoms with E-state index in [-0.39, 0.29) is 11.3 Å². The summed E-state index contributed by atoms with van der Waals surface area (Å²) in [5, 5.41) is 17.1. The van der Waals surface area contributed by atoms with Crippen molar-refractivity contribution in [1.29, 1.82) is 0 Å². The lowest BCUT2D eigenvalue weighted by atomic mass is 10.1. The minimum atomic E-state index is -0.455. The first kappa shape index (κ1) is 15.9. The molecule has 3 N–H and O–H groups in total. The van der Waals surface area contributed by atoms with E-state index in [0.29, 0.717) is 5.71 Å². The number of para-hydroxylation sites is 1. The number of hydrogen-bond donors (Lipinski definition) is 3. The Hall–Kier alpha value is -3.60. The number of hydrogen-bond acceptors (Lipinski definition) is 3. The largest absolute Gasteiger partial charge is 0.507 e. The number of benzene rings is 3. The van der Waals surface area contributed by atoms with E-state index in [9.17, 15) is 9.90 Å². The molecule has 5 heteroatoms. The zero-order valence-corrected chi connectivity index (χ0v) is 14.2. The van der Waals surface area contributed by atoms with Crippen LogP contribution in [0.2, 0.25) is 0 Å². The number of nitrogens with one attached hydrogen (secondary N) is 2. The molecule has 0 atom stereocenters. The molecule has 0 radical (unpaired) electrons. The molecule has 0 bridgehead atoms. The number of aromatic nitrogens is 1. The summed E-state index contributed by atoms with van der Waals surface area (Å²) in [6, 6.07) is 20.7. The highest BCUT2D eigenvalue weighted by molar-refractivity contribution is 6.04. The lowest BCUT2D eigenvalue weighted by molar-refractivity contribution is 0.0952. The Balaban J connectivity index is 1.59. The van der Waals surface area contributed by atoms with E-state index in [1.54, 1.807) is 12.1 Å². The second-order valence-electron chi connectivity index (χ2n) is 6.12. The Labute approximate surface area is 150 Å². The highest BCUT2D eigenvalue weighted by atomic mass is 16.3. The van der Waals surface area contributed by atoms with E-state index in [0.717, 1.165) is 27.4 Å². The molecule has 3 aromatic carbocycles. The number of carbonyl (C=O) groups is 1. The molecule has 0 unspecified atom stereocenters. The Morgan fingerprint density at radius 2 is 1.62 bits per heavy atom. The molecular weight excluding hydrogens is 326 g/mol. The van der Waals surface area contributed by atoms with Crippen molar-refractivity contribution >= 4 is 33.3 Å². The molecule has 0 aliphatic rings. The quantitative estimate of drug-likeness (QED) is 0.385. The van der Waals surface area contributed by atoms with Crippen molar-refractivity contribution < 1.29 is 9.90 Å². The predicted octanol–water partition coefficient (Wildman–Crippen LogP) is 4.18. The molecule has 1 heterocycles. The molecule has 0 aliphatic heterocycles. The van der Waals surface area contributed by atoms with Crippen molar-refractivity contribution in [3.63, 3.8) is 0 Å². The van der Waals surface area contributed by atoms with Crippen LogP contribution in [0.3, 0.4) is 0 Å². The second kappa shape index (κ2) is 6.37. The SMILES string of the molecule is C/C(=N\NC(=O)c1cc2ccccc2cc1O)c1cc2ccccc2[nH]1. The van der Waals surface area contributed by atoms with Gasteiger partial charge in [-0.05, 0) is 42.0 Å². The highest BCUT2D eigenvalue weighted by Gasteiger charge is 2.12. The first-order valence-corrected chi connectivity index (χ1v) is 8.26. The molecule has 4 rings (SSSR count). The number of phenols is 1. The molecule has 1 aromatic heterocycles. The molecule has 5 nitrogen and oxygen atoms in total. The molecule has 4 aromatic rings. The first-order chi connectivity index (χ1) is 12.6. The van der Waals surface area contributed by atoms with Gasteiger partial charge in [0.1, 0.15) is 5.75 Å². The van der Waals surface area contributed by atoms with Gasteiger partial charge in [-0.3, -0.25) is 4.79 Å². The Morgan fingerprint density at radius 3 is 2.35 bits per heavy atom. The summed E-state index contributed by atoms with van der Waals surface area (Å²) in [5.41, 5.74) is 5.19. The molecule has 128 valence electrons. The predicted molar refractivity (Wildman–Crippen MR) is 104 cm³/mol. The second-order valence-corrected chi connectivity index (χ2v) is 6.12. The topological polar surface area (TPSA) is 77.5 Å². The van der Waals surface area contributed by atoms with Crippen molar-refractivity contribution in [1.82, 2.24) is 10.4 Å². The van der Waals surface area contributed by atoms with E-state index in [4.69, 9.17) is 0 Å². The van der Waals surface area contributed by atoms with Crippen LogP contribution in [-0.4, -0.2) is 21.7 Å². The van der Waals surface area contributed by atoms with Crippen molar-refractivity contribution in [2.24, 2.45) is 5.10 Å². The van der Waals surface area contributed by atoms with Crippen molar-refractivity contribution in [2.75, 3.05) is 0 Å². The van der Waals surface area contributed by atoms with E-state index in [2.05, 4.69) is 15.5 Å². The zero-order valence-electron chi connectivity index (χ0n) is 14.2. The maximum atomic E-state index is 12.4. The average Bonchev–Trinajstić information content (AvgIpc) is 3.09. The Bertz CT molecular complexity index is 1130. The van der Waals surface area contributed by atoms with Crippen molar-refractivity contribution in [2.45, 2.75) is 6.92 Å². The third-order valence-corrected chi connectivity index (χ3v) is 4.35. The molecule has 0 fully saturated rings.